The van der Waals surface area contributed by atoms with E-state index >= 15 is 0 Å². The number of piperidine rings is 2. The number of esters is 1. The minimum absolute atomic E-state index is 0.0132. The summed E-state index contributed by atoms with van der Waals surface area (Å²) >= 11 is 0. The molecule has 1 N–H and O–H groups in total. The fourth-order valence-electron chi connectivity index (χ4n) is 7.82. The number of nitrogens with zero attached hydrogens (tertiary/aromatic N) is 2. The van der Waals surface area contributed by atoms with Gasteiger partial charge in [-0.2, -0.15) is 0 Å². The zero-order valence-corrected chi connectivity index (χ0v) is 21.0. The Hall–Kier alpha value is -3.01. The molecule has 36 heavy (non-hydrogen) atoms. The first-order valence-electron chi connectivity index (χ1n) is 12.4. The maximum absolute atomic E-state index is 12.8. The van der Waals surface area contributed by atoms with E-state index in [9.17, 15) is 4.79 Å². The van der Waals surface area contributed by atoms with Crippen LogP contribution < -0.4 is 24.3 Å². The molecule has 0 aromatic heterocycles. The first kappa shape index (κ1) is 22.2. The van der Waals surface area contributed by atoms with Crippen molar-refractivity contribution in [3.05, 3.63) is 47.0 Å². The van der Waals surface area contributed by atoms with Gasteiger partial charge in [0.1, 0.15) is 11.9 Å². The Labute approximate surface area is 210 Å². The van der Waals surface area contributed by atoms with Gasteiger partial charge in [0.15, 0.2) is 29.2 Å². The molecule has 9 heteroatoms. The number of carbonyl (C=O) groups excluding carboxylic acids is 1. The van der Waals surface area contributed by atoms with Crippen molar-refractivity contribution in [3.8, 4) is 23.0 Å². The van der Waals surface area contributed by atoms with E-state index < -0.39 is 12.2 Å². The van der Waals surface area contributed by atoms with E-state index in [1.165, 1.54) is 5.56 Å². The van der Waals surface area contributed by atoms with E-state index in [4.69, 9.17) is 23.7 Å². The summed E-state index contributed by atoms with van der Waals surface area (Å²) in [5, 5.41) is 3.64. The average molecular weight is 494 g/mol. The number of carbonyl (C=O) groups is 1. The van der Waals surface area contributed by atoms with Crippen LogP contribution in [0.5, 0.6) is 23.0 Å². The molecular weight excluding hydrogens is 462 g/mol. The second-order valence-electron chi connectivity index (χ2n) is 11.3. The van der Waals surface area contributed by atoms with Gasteiger partial charge >= 0.3 is 5.97 Å². The number of hydrogen-bond acceptors (Lipinski definition) is 9. The quantitative estimate of drug-likeness (QED) is 0.633. The van der Waals surface area contributed by atoms with Crippen LogP contribution in [0.1, 0.15) is 47.5 Å². The summed E-state index contributed by atoms with van der Waals surface area (Å²) in [4.78, 5) is 17.8. The van der Waals surface area contributed by atoms with Gasteiger partial charge in [-0.05, 0) is 35.7 Å². The number of benzene rings is 2. The molecule has 9 nitrogen and oxygen atoms in total. The lowest BCUT2D eigenvalue weighted by molar-refractivity contribution is -0.221. The fourth-order valence-corrected chi connectivity index (χ4v) is 7.82. The summed E-state index contributed by atoms with van der Waals surface area (Å²) in [7, 11) is 3.10. The van der Waals surface area contributed by atoms with Crippen LogP contribution in [0.2, 0.25) is 0 Å². The molecule has 4 saturated heterocycles. The third-order valence-electron chi connectivity index (χ3n) is 8.66. The summed E-state index contributed by atoms with van der Waals surface area (Å²) < 4.78 is 27.9. The summed E-state index contributed by atoms with van der Waals surface area (Å²) in [6, 6.07) is 10.2. The monoisotopic (exact) mass is 493 g/mol. The van der Waals surface area contributed by atoms with Crippen LogP contribution in [0.25, 0.3) is 0 Å². The Kier molecular flexibility index (Phi) is 4.63. The summed E-state index contributed by atoms with van der Waals surface area (Å²) in [5.41, 5.74) is 2.71. The van der Waals surface area contributed by atoms with Crippen molar-refractivity contribution in [2.45, 2.75) is 32.3 Å². The van der Waals surface area contributed by atoms with Crippen molar-refractivity contribution in [2.75, 3.05) is 47.2 Å². The number of methoxy groups -OCH3 is 2. The highest BCUT2D eigenvalue weighted by Crippen LogP contribution is 2.60. The third kappa shape index (κ3) is 2.96. The maximum Gasteiger partial charge on any atom is 0.344 e. The predicted molar refractivity (Wildman–Crippen MR) is 129 cm³/mol. The Morgan fingerprint density at radius 1 is 0.944 bits per heavy atom. The molecular formula is C27H31N3O6. The number of ether oxygens (including phenoxy) is 5. The Morgan fingerprint density at radius 3 is 2.31 bits per heavy atom. The van der Waals surface area contributed by atoms with Crippen LogP contribution in [-0.2, 0) is 4.74 Å². The van der Waals surface area contributed by atoms with Crippen LogP contribution in [0.4, 0.5) is 0 Å². The van der Waals surface area contributed by atoms with Gasteiger partial charge in [-0.15, -0.1) is 0 Å². The van der Waals surface area contributed by atoms with Crippen molar-refractivity contribution in [1.29, 1.82) is 0 Å². The van der Waals surface area contributed by atoms with Crippen molar-refractivity contribution >= 4 is 5.97 Å². The molecule has 0 saturated carbocycles. The highest BCUT2D eigenvalue weighted by molar-refractivity contribution is 5.98. The maximum atomic E-state index is 12.8. The smallest absolute Gasteiger partial charge is 0.344 e. The topological polar surface area (TPSA) is 81.7 Å². The summed E-state index contributed by atoms with van der Waals surface area (Å²) in [6.45, 7) is 8.91. The normalized spacial score (nSPS) is 37.1. The standard InChI is InChI=1S/C27H31N3O6/c1-26-10-29-12-27(2,22(26)15-5-7-17-19(9-15)35-14-34-17)13-30(11-26)25(29)28-23-16-6-8-18(32-3)21(33-4)20(16)24(31)36-23/h5-9,22-23,25,28H,10-14H2,1-4H3. The van der Waals surface area contributed by atoms with Gasteiger partial charge in [0.05, 0.1) is 14.2 Å². The van der Waals surface area contributed by atoms with Crippen LogP contribution in [0, 0.1) is 10.8 Å². The van der Waals surface area contributed by atoms with E-state index in [1.54, 1.807) is 14.2 Å². The molecule has 2 aromatic carbocycles. The number of nitrogens with one attached hydrogen (secondary N) is 1. The SMILES string of the molecule is COc1ccc2c(c1OC)C(=O)OC2NC1N2CC3(C)CN1CC(C)(C2)C3c1ccc2c(c1)OCO2. The van der Waals surface area contributed by atoms with Gasteiger partial charge in [-0.3, -0.25) is 9.80 Å². The van der Waals surface area contributed by atoms with Crippen molar-refractivity contribution in [3.63, 3.8) is 0 Å². The zero-order valence-electron chi connectivity index (χ0n) is 21.0. The molecule has 0 radical (unpaired) electrons. The van der Waals surface area contributed by atoms with Crippen molar-refractivity contribution in [2.24, 2.45) is 10.8 Å². The first-order chi connectivity index (χ1) is 17.3. The van der Waals surface area contributed by atoms with Crippen molar-refractivity contribution < 1.29 is 28.5 Å². The molecule has 1 unspecified atom stereocenters. The average Bonchev–Trinajstić information content (AvgIpc) is 3.43. The lowest BCUT2D eigenvalue weighted by atomic mass is 9.53. The van der Waals surface area contributed by atoms with E-state index in [1.807, 2.05) is 12.1 Å². The van der Waals surface area contributed by atoms with Crippen LogP contribution in [0.3, 0.4) is 0 Å². The number of hydrogen-bond donors (Lipinski definition) is 1. The highest BCUT2D eigenvalue weighted by atomic mass is 16.7. The lowest BCUT2D eigenvalue weighted by Gasteiger charge is -2.69. The molecule has 0 spiro atoms. The Balaban J connectivity index is 1.16. The van der Waals surface area contributed by atoms with Gasteiger partial charge in [0.2, 0.25) is 6.79 Å². The molecule has 4 fully saturated rings. The van der Waals surface area contributed by atoms with E-state index in [2.05, 4.69) is 47.2 Å². The molecule has 4 bridgehead atoms. The van der Waals surface area contributed by atoms with Gasteiger partial charge in [-0.25, -0.2) is 10.1 Å². The molecule has 2 aromatic rings. The Bertz CT molecular complexity index is 1230. The third-order valence-corrected chi connectivity index (χ3v) is 8.66. The summed E-state index contributed by atoms with van der Waals surface area (Å²) in [6.07, 6.45) is -0.555. The molecule has 6 heterocycles. The molecule has 8 rings (SSSR count). The fraction of sp³-hybridized carbons (Fsp3) is 0.519. The van der Waals surface area contributed by atoms with Crippen LogP contribution in [-0.4, -0.2) is 69.3 Å². The van der Waals surface area contributed by atoms with E-state index in [0.29, 0.717) is 29.8 Å². The van der Waals surface area contributed by atoms with Gasteiger partial charge in [0.25, 0.3) is 0 Å². The second kappa shape index (κ2) is 7.50. The highest BCUT2D eigenvalue weighted by Gasteiger charge is 2.62. The second-order valence-corrected chi connectivity index (χ2v) is 11.3. The van der Waals surface area contributed by atoms with Crippen LogP contribution >= 0.6 is 0 Å². The first-order valence-corrected chi connectivity index (χ1v) is 12.4. The van der Waals surface area contributed by atoms with Gasteiger partial charge in [-0.1, -0.05) is 19.9 Å². The van der Waals surface area contributed by atoms with Gasteiger partial charge < -0.3 is 23.7 Å². The number of cyclic esters (lactones) is 1. The minimum Gasteiger partial charge on any atom is -0.493 e. The minimum atomic E-state index is -0.542. The molecule has 6 aliphatic rings. The number of rotatable bonds is 5. The Morgan fingerprint density at radius 2 is 1.64 bits per heavy atom. The molecule has 0 aliphatic carbocycles. The molecule has 0 amide bonds. The van der Waals surface area contributed by atoms with E-state index in [0.717, 1.165) is 43.2 Å². The largest absolute Gasteiger partial charge is 0.493 e. The molecule has 1 atom stereocenters. The number of fused-ring (bicyclic) bond motifs is 2. The van der Waals surface area contributed by atoms with Crippen LogP contribution in [0.15, 0.2) is 30.3 Å². The summed E-state index contributed by atoms with van der Waals surface area (Å²) in [5.74, 6) is 2.63. The lowest BCUT2D eigenvalue weighted by Crippen LogP contribution is -2.79. The van der Waals surface area contributed by atoms with Crippen molar-refractivity contribution in [1.82, 2.24) is 15.1 Å². The molecule has 190 valence electrons. The predicted octanol–water partition coefficient (Wildman–Crippen LogP) is 2.92. The molecule has 6 aliphatic heterocycles. The van der Waals surface area contributed by atoms with Gasteiger partial charge in [0, 0.05) is 42.6 Å². The van der Waals surface area contributed by atoms with E-state index in [-0.39, 0.29) is 17.1 Å². The zero-order chi connectivity index (χ0) is 24.8.